The first kappa shape index (κ1) is 9.00. The van der Waals surface area contributed by atoms with Crippen LogP contribution < -0.4 is 5.32 Å². The van der Waals surface area contributed by atoms with E-state index in [0.29, 0.717) is 12.1 Å². The van der Waals surface area contributed by atoms with Crippen LogP contribution in [0.5, 0.6) is 5.75 Å². The van der Waals surface area contributed by atoms with Crippen molar-refractivity contribution in [2.45, 2.75) is 13.5 Å². The number of benzene rings is 1. The van der Waals surface area contributed by atoms with Crippen molar-refractivity contribution in [3.05, 3.63) is 29.6 Å². The van der Waals surface area contributed by atoms with E-state index in [2.05, 4.69) is 5.32 Å². The van der Waals surface area contributed by atoms with Gasteiger partial charge in [-0.25, -0.2) is 4.39 Å². The van der Waals surface area contributed by atoms with E-state index in [9.17, 15) is 9.50 Å². The summed E-state index contributed by atoms with van der Waals surface area (Å²) in [6.07, 6.45) is 0. The van der Waals surface area contributed by atoms with Gasteiger partial charge in [-0.3, -0.25) is 0 Å². The number of halogens is 1. The Balaban J connectivity index is 2.81. The van der Waals surface area contributed by atoms with Gasteiger partial charge in [-0.15, -0.1) is 0 Å². The second-order valence-electron chi connectivity index (χ2n) is 2.52. The number of phenols is 1. The Morgan fingerprint density at radius 1 is 1.50 bits per heavy atom. The van der Waals surface area contributed by atoms with Crippen molar-refractivity contribution < 1.29 is 9.50 Å². The first-order valence-electron chi connectivity index (χ1n) is 3.92. The van der Waals surface area contributed by atoms with Crippen molar-refractivity contribution in [3.8, 4) is 5.75 Å². The highest BCUT2D eigenvalue weighted by molar-refractivity contribution is 5.32. The maximum Gasteiger partial charge on any atom is 0.131 e. The highest BCUT2D eigenvalue weighted by Gasteiger charge is 2.05. The van der Waals surface area contributed by atoms with Gasteiger partial charge in [0.15, 0.2) is 0 Å². The first-order valence-corrected chi connectivity index (χ1v) is 3.92. The molecule has 1 aromatic rings. The van der Waals surface area contributed by atoms with Gasteiger partial charge in [0.05, 0.1) is 0 Å². The summed E-state index contributed by atoms with van der Waals surface area (Å²) < 4.78 is 13.0. The number of hydrogen-bond donors (Lipinski definition) is 2. The molecule has 2 N–H and O–H groups in total. The van der Waals surface area contributed by atoms with E-state index in [1.807, 2.05) is 6.92 Å². The van der Waals surface area contributed by atoms with Gasteiger partial charge >= 0.3 is 0 Å². The van der Waals surface area contributed by atoms with Gasteiger partial charge in [-0.05, 0) is 18.7 Å². The van der Waals surface area contributed by atoms with E-state index in [0.717, 1.165) is 6.54 Å². The molecule has 0 radical (unpaired) electrons. The van der Waals surface area contributed by atoms with Crippen LogP contribution >= 0.6 is 0 Å². The zero-order valence-corrected chi connectivity index (χ0v) is 6.97. The molecule has 0 saturated heterocycles. The van der Waals surface area contributed by atoms with Crippen LogP contribution in [0.4, 0.5) is 4.39 Å². The average Bonchev–Trinajstić information content (AvgIpc) is 2.04. The summed E-state index contributed by atoms with van der Waals surface area (Å²) in [6, 6.07) is 4.31. The van der Waals surface area contributed by atoms with Gasteiger partial charge in [0.2, 0.25) is 0 Å². The van der Waals surface area contributed by atoms with E-state index >= 15 is 0 Å². The van der Waals surface area contributed by atoms with Gasteiger partial charge in [0, 0.05) is 12.1 Å². The van der Waals surface area contributed by atoms with E-state index in [4.69, 9.17) is 0 Å². The third kappa shape index (κ3) is 1.95. The molecule has 0 aromatic heterocycles. The smallest absolute Gasteiger partial charge is 0.131 e. The molecule has 0 amide bonds. The molecular formula is C9H12FNO. The van der Waals surface area contributed by atoms with Gasteiger partial charge in [-0.2, -0.15) is 0 Å². The van der Waals surface area contributed by atoms with Gasteiger partial charge in [0.25, 0.3) is 0 Å². The van der Waals surface area contributed by atoms with Gasteiger partial charge < -0.3 is 10.4 Å². The summed E-state index contributed by atoms with van der Waals surface area (Å²) >= 11 is 0. The Bertz CT molecular complexity index is 242. The summed E-state index contributed by atoms with van der Waals surface area (Å²) in [5.41, 5.74) is 0.333. The number of rotatable bonds is 3. The molecule has 2 nitrogen and oxygen atoms in total. The maximum absolute atomic E-state index is 13.0. The first-order chi connectivity index (χ1) is 5.75. The lowest BCUT2D eigenvalue weighted by atomic mass is 10.2. The SMILES string of the molecule is CCNCc1c(O)cccc1F. The van der Waals surface area contributed by atoms with Crippen LogP contribution in [0.15, 0.2) is 18.2 Å². The molecule has 0 aliphatic carbocycles. The highest BCUT2D eigenvalue weighted by atomic mass is 19.1. The highest BCUT2D eigenvalue weighted by Crippen LogP contribution is 2.18. The summed E-state index contributed by atoms with van der Waals surface area (Å²) in [6.45, 7) is 3.06. The average molecular weight is 169 g/mol. The third-order valence-electron chi connectivity index (χ3n) is 1.65. The third-order valence-corrected chi connectivity index (χ3v) is 1.65. The lowest BCUT2D eigenvalue weighted by Crippen LogP contribution is -2.12. The summed E-state index contributed by atoms with van der Waals surface area (Å²) in [4.78, 5) is 0. The van der Waals surface area contributed by atoms with Crippen molar-refractivity contribution in [1.29, 1.82) is 0 Å². The molecule has 0 atom stereocenters. The molecule has 0 heterocycles. The second-order valence-corrected chi connectivity index (χ2v) is 2.52. The Morgan fingerprint density at radius 3 is 2.83 bits per heavy atom. The summed E-state index contributed by atoms with van der Waals surface area (Å²) in [7, 11) is 0. The number of nitrogens with one attached hydrogen (secondary N) is 1. The fraction of sp³-hybridized carbons (Fsp3) is 0.333. The van der Waals surface area contributed by atoms with E-state index in [-0.39, 0.29) is 11.6 Å². The lowest BCUT2D eigenvalue weighted by Gasteiger charge is -2.05. The molecule has 0 spiro atoms. The lowest BCUT2D eigenvalue weighted by molar-refractivity contribution is 0.454. The quantitative estimate of drug-likeness (QED) is 0.721. The summed E-state index contributed by atoms with van der Waals surface area (Å²) in [5, 5.41) is 12.2. The standard InChI is InChI=1S/C9H12FNO/c1-2-11-6-7-8(10)4-3-5-9(7)12/h3-5,11-12H,2,6H2,1H3. The maximum atomic E-state index is 13.0. The van der Waals surface area contributed by atoms with Crippen LogP contribution in [0.2, 0.25) is 0 Å². The number of phenolic OH excluding ortho intramolecular Hbond substituents is 1. The Morgan fingerprint density at radius 2 is 2.25 bits per heavy atom. The Kier molecular flexibility index (Phi) is 3.05. The number of hydrogen-bond acceptors (Lipinski definition) is 2. The van der Waals surface area contributed by atoms with Crippen molar-refractivity contribution in [2.24, 2.45) is 0 Å². The zero-order chi connectivity index (χ0) is 8.97. The molecule has 12 heavy (non-hydrogen) atoms. The van der Waals surface area contributed by atoms with Crippen LogP contribution in [-0.4, -0.2) is 11.7 Å². The minimum Gasteiger partial charge on any atom is -0.508 e. The fourth-order valence-electron chi connectivity index (χ4n) is 0.972. The monoisotopic (exact) mass is 169 g/mol. The predicted molar refractivity (Wildman–Crippen MR) is 45.4 cm³/mol. The van der Waals surface area contributed by atoms with E-state index in [1.165, 1.54) is 18.2 Å². The molecule has 1 rings (SSSR count). The molecule has 3 heteroatoms. The van der Waals surface area contributed by atoms with Crippen LogP contribution in [-0.2, 0) is 6.54 Å². The topological polar surface area (TPSA) is 32.3 Å². The molecule has 0 bridgehead atoms. The second kappa shape index (κ2) is 4.07. The molecule has 0 saturated carbocycles. The molecule has 0 aliphatic heterocycles. The van der Waals surface area contributed by atoms with Crippen LogP contribution in [0, 0.1) is 5.82 Å². The molecule has 1 aromatic carbocycles. The van der Waals surface area contributed by atoms with Crippen LogP contribution in [0.1, 0.15) is 12.5 Å². The van der Waals surface area contributed by atoms with E-state index < -0.39 is 0 Å². The van der Waals surface area contributed by atoms with E-state index in [1.54, 1.807) is 0 Å². The van der Waals surface area contributed by atoms with Gasteiger partial charge in [-0.1, -0.05) is 13.0 Å². The molecule has 66 valence electrons. The summed E-state index contributed by atoms with van der Waals surface area (Å²) in [5.74, 6) is -0.355. The predicted octanol–water partition coefficient (Wildman–Crippen LogP) is 1.64. The molecular weight excluding hydrogens is 157 g/mol. The molecule has 0 fully saturated rings. The van der Waals surface area contributed by atoms with Gasteiger partial charge in [0.1, 0.15) is 11.6 Å². The van der Waals surface area contributed by atoms with Crippen molar-refractivity contribution in [2.75, 3.05) is 6.54 Å². The minimum atomic E-state index is -0.365. The Hall–Kier alpha value is -1.09. The Labute approximate surface area is 71.0 Å². The van der Waals surface area contributed by atoms with Crippen LogP contribution in [0.25, 0.3) is 0 Å². The van der Waals surface area contributed by atoms with Crippen molar-refractivity contribution in [3.63, 3.8) is 0 Å². The normalized spacial score (nSPS) is 10.2. The molecule has 0 aliphatic rings. The van der Waals surface area contributed by atoms with Crippen LogP contribution in [0.3, 0.4) is 0 Å². The number of aromatic hydroxyl groups is 1. The van der Waals surface area contributed by atoms with Crippen molar-refractivity contribution in [1.82, 2.24) is 5.32 Å². The molecule has 0 unspecified atom stereocenters. The largest absolute Gasteiger partial charge is 0.508 e. The van der Waals surface area contributed by atoms with Crippen molar-refractivity contribution >= 4 is 0 Å². The fourth-order valence-corrected chi connectivity index (χ4v) is 0.972. The zero-order valence-electron chi connectivity index (χ0n) is 6.97. The minimum absolute atomic E-state index is 0.0101.